The Bertz CT molecular complexity index is 649. The maximum Gasteiger partial charge on any atom is 0.436 e. The number of anilines is 1. The molecule has 3 rings (SSSR count). The summed E-state index contributed by atoms with van der Waals surface area (Å²) in [4.78, 5) is 18.8. The van der Waals surface area contributed by atoms with Crippen LogP contribution in [0, 0.1) is 0 Å². The second kappa shape index (κ2) is 6.94. The van der Waals surface area contributed by atoms with Crippen LogP contribution >= 0.6 is 28.1 Å². The van der Waals surface area contributed by atoms with Gasteiger partial charge in [0.05, 0.1) is 13.3 Å². The standard InChI is InChI=1S/C15H17BrN4O2S/c1-2-22-15(21)17-14-19(12-7-5-11(16)6-8-12)10-18-9-3-4-13(23)20(14)18/h5-8H,2-4,9-10H2,1H3/b17-14-. The van der Waals surface area contributed by atoms with Crippen molar-refractivity contribution in [1.29, 1.82) is 0 Å². The number of hydrazine groups is 1. The first-order chi connectivity index (χ1) is 11.1. The number of rotatable bonds is 2. The van der Waals surface area contributed by atoms with E-state index in [1.165, 1.54) is 0 Å². The van der Waals surface area contributed by atoms with Crippen molar-refractivity contribution in [2.24, 2.45) is 4.99 Å². The Kier molecular flexibility index (Phi) is 4.93. The molecule has 122 valence electrons. The average molecular weight is 397 g/mol. The molecule has 0 aromatic heterocycles. The van der Waals surface area contributed by atoms with E-state index in [1.807, 2.05) is 34.2 Å². The maximum absolute atomic E-state index is 11.9. The molecule has 0 N–H and O–H groups in total. The highest BCUT2D eigenvalue weighted by Crippen LogP contribution is 2.28. The van der Waals surface area contributed by atoms with Gasteiger partial charge in [0, 0.05) is 23.1 Å². The number of amides is 1. The Hall–Kier alpha value is -1.51. The summed E-state index contributed by atoms with van der Waals surface area (Å²) in [5.41, 5.74) is 0.952. The Labute approximate surface area is 148 Å². The van der Waals surface area contributed by atoms with Crippen LogP contribution in [0.4, 0.5) is 10.5 Å². The summed E-state index contributed by atoms with van der Waals surface area (Å²) in [6.45, 7) is 3.55. The van der Waals surface area contributed by atoms with Crippen LogP contribution in [0.3, 0.4) is 0 Å². The van der Waals surface area contributed by atoms with Gasteiger partial charge in [-0.2, -0.15) is 5.01 Å². The summed E-state index contributed by atoms with van der Waals surface area (Å²) >= 11 is 8.91. The van der Waals surface area contributed by atoms with Crippen molar-refractivity contribution in [3.05, 3.63) is 28.7 Å². The molecule has 23 heavy (non-hydrogen) atoms. The molecule has 0 radical (unpaired) electrons. The number of halogens is 1. The number of aliphatic imine (C=N–C) groups is 1. The van der Waals surface area contributed by atoms with Crippen LogP contribution in [0.2, 0.25) is 0 Å². The molecule has 6 nitrogen and oxygen atoms in total. The van der Waals surface area contributed by atoms with Gasteiger partial charge < -0.3 is 4.74 Å². The van der Waals surface area contributed by atoms with Crippen LogP contribution in [0.1, 0.15) is 19.8 Å². The summed E-state index contributed by atoms with van der Waals surface area (Å²) in [6, 6.07) is 7.88. The Morgan fingerprint density at radius 2 is 2.13 bits per heavy atom. The molecule has 0 spiro atoms. The summed E-state index contributed by atoms with van der Waals surface area (Å²) in [5.74, 6) is 0.510. The molecule has 2 fully saturated rings. The molecule has 2 aliphatic heterocycles. The van der Waals surface area contributed by atoms with Gasteiger partial charge in [-0.05, 0) is 37.6 Å². The molecule has 1 amide bonds. The zero-order valence-electron chi connectivity index (χ0n) is 12.7. The molecule has 0 saturated carbocycles. The van der Waals surface area contributed by atoms with Crippen molar-refractivity contribution in [2.75, 3.05) is 24.7 Å². The predicted molar refractivity (Wildman–Crippen MR) is 96.3 cm³/mol. The minimum Gasteiger partial charge on any atom is -0.448 e. The van der Waals surface area contributed by atoms with Crippen molar-refractivity contribution in [3.63, 3.8) is 0 Å². The fraction of sp³-hybridized carbons (Fsp3) is 0.400. The quantitative estimate of drug-likeness (QED) is 0.714. The normalized spacial score (nSPS) is 20.1. The highest BCUT2D eigenvalue weighted by Gasteiger charge is 2.39. The molecule has 1 aromatic rings. The van der Waals surface area contributed by atoms with Gasteiger partial charge in [0.2, 0.25) is 5.96 Å². The van der Waals surface area contributed by atoms with E-state index in [4.69, 9.17) is 17.0 Å². The fourth-order valence-corrected chi connectivity index (χ4v) is 3.26. The van der Waals surface area contributed by atoms with Crippen molar-refractivity contribution >= 4 is 50.9 Å². The van der Waals surface area contributed by atoms with Gasteiger partial charge >= 0.3 is 6.09 Å². The molecule has 1 aromatic carbocycles. The number of thiocarbonyl (C=S) groups is 1. The first-order valence-corrected chi connectivity index (χ1v) is 8.66. The molecule has 0 atom stereocenters. The number of hydrogen-bond acceptors (Lipinski definition) is 4. The largest absolute Gasteiger partial charge is 0.448 e. The molecular formula is C15H17BrN4O2S. The third-order valence-electron chi connectivity index (χ3n) is 3.66. The number of carbonyl (C=O) groups excluding carboxylic acids is 1. The fourth-order valence-electron chi connectivity index (χ4n) is 2.65. The third-order valence-corrected chi connectivity index (χ3v) is 4.56. The van der Waals surface area contributed by atoms with E-state index in [0.29, 0.717) is 19.2 Å². The van der Waals surface area contributed by atoms with Crippen molar-refractivity contribution in [3.8, 4) is 0 Å². The minimum absolute atomic E-state index is 0.294. The van der Waals surface area contributed by atoms with Gasteiger partial charge in [-0.1, -0.05) is 28.1 Å². The topological polar surface area (TPSA) is 48.4 Å². The van der Waals surface area contributed by atoms with Crippen molar-refractivity contribution in [2.45, 2.75) is 19.8 Å². The van der Waals surface area contributed by atoms with E-state index in [1.54, 1.807) is 6.92 Å². The zero-order chi connectivity index (χ0) is 16.4. The van der Waals surface area contributed by atoms with Crippen LogP contribution in [0.5, 0.6) is 0 Å². The smallest absolute Gasteiger partial charge is 0.436 e. The van der Waals surface area contributed by atoms with E-state index in [0.717, 1.165) is 34.5 Å². The maximum atomic E-state index is 11.9. The van der Waals surface area contributed by atoms with Crippen LogP contribution in [-0.2, 0) is 4.74 Å². The van der Waals surface area contributed by atoms with Crippen LogP contribution < -0.4 is 4.90 Å². The monoisotopic (exact) mass is 396 g/mol. The first-order valence-electron chi connectivity index (χ1n) is 7.46. The highest BCUT2D eigenvalue weighted by atomic mass is 79.9. The average Bonchev–Trinajstić information content (AvgIpc) is 2.88. The molecule has 0 bridgehead atoms. The summed E-state index contributed by atoms with van der Waals surface area (Å²) in [6.07, 6.45) is 1.23. The van der Waals surface area contributed by atoms with Gasteiger partial charge in [-0.15, -0.1) is 4.99 Å². The van der Waals surface area contributed by atoms with Crippen molar-refractivity contribution in [1.82, 2.24) is 10.0 Å². The second-order valence-electron chi connectivity index (χ2n) is 5.20. The van der Waals surface area contributed by atoms with Crippen molar-refractivity contribution < 1.29 is 9.53 Å². The van der Waals surface area contributed by atoms with E-state index >= 15 is 0 Å². The van der Waals surface area contributed by atoms with Crippen LogP contribution in [0.15, 0.2) is 33.7 Å². The van der Waals surface area contributed by atoms with Gasteiger partial charge in [-0.3, -0.25) is 4.90 Å². The Balaban J connectivity index is 1.97. The SMILES string of the molecule is CCOC(=O)/N=C1/N(c2ccc(Br)cc2)CN2CCCC(=S)N12. The molecule has 8 heteroatoms. The molecule has 0 unspecified atom stereocenters. The van der Waals surface area contributed by atoms with Gasteiger partial charge in [-0.25, -0.2) is 9.80 Å². The first kappa shape index (κ1) is 16.4. The number of benzene rings is 1. The molecule has 2 aliphatic rings. The van der Waals surface area contributed by atoms with E-state index < -0.39 is 6.09 Å². The highest BCUT2D eigenvalue weighted by molar-refractivity contribution is 9.10. The van der Waals surface area contributed by atoms with Crippen LogP contribution in [-0.4, -0.2) is 46.9 Å². The van der Waals surface area contributed by atoms with E-state index in [2.05, 4.69) is 25.9 Å². The summed E-state index contributed by atoms with van der Waals surface area (Å²) in [7, 11) is 0. The summed E-state index contributed by atoms with van der Waals surface area (Å²) < 4.78 is 5.97. The van der Waals surface area contributed by atoms with Crippen LogP contribution in [0.25, 0.3) is 0 Å². The van der Waals surface area contributed by atoms with Gasteiger partial charge in [0.1, 0.15) is 4.99 Å². The van der Waals surface area contributed by atoms with Gasteiger partial charge in [0.15, 0.2) is 0 Å². The Morgan fingerprint density at radius 3 is 2.83 bits per heavy atom. The third kappa shape index (κ3) is 3.39. The lowest BCUT2D eigenvalue weighted by Crippen LogP contribution is -2.47. The molecular weight excluding hydrogens is 380 g/mol. The zero-order valence-corrected chi connectivity index (χ0v) is 15.1. The van der Waals surface area contributed by atoms with Gasteiger partial charge in [0.25, 0.3) is 0 Å². The Morgan fingerprint density at radius 1 is 1.39 bits per heavy atom. The second-order valence-corrected chi connectivity index (χ2v) is 6.58. The van der Waals surface area contributed by atoms with E-state index in [-0.39, 0.29) is 0 Å². The summed E-state index contributed by atoms with van der Waals surface area (Å²) in [5, 5.41) is 3.96. The predicted octanol–water partition coefficient (Wildman–Crippen LogP) is 3.38. The number of carbonyl (C=O) groups is 1. The lowest BCUT2D eigenvalue weighted by Gasteiger charge is -2.32. The molecule has 0 aliphatic carbocycles. The minimum atomic E-state index is -0.597. The number of hydrogen-bond donors (Lipinski definition) is 0. The molecule has 2 saturated heterocycles. The lowest BCUT2D eigenvalue weighted by molar-refractivity contribution is 0.128. The number of guanidine groups is 1. The molecule has 2 heterocycles. The lowest BCUT2D eigenvalue weighted by atomic mass is 10.2. The number of ether oxygens (including phenoxy) is 1. The van der Waals surface area contributed by atoms with E-state index in [9.17, 15) is 4.79 Å². The number of nitrogens with zero attached hydrogens (tertiary/aromatic N) is 4. The number of fused-ring (bicyclic) bond motifs is 1.